The summed E-state index contributed by atoms with van der Waals surface area (Å²) in [6.45, 7) is 7.89. The number of hydrogen-bond acceptors (Lipinski definition) is 3. The van der Waals surface area contributed by atoms with Gasteiger partial charge in [0.25, 0.3) is 0 Å². The van der Waals surface area contributed by atoms with E-state index < -0.39 is 16.6 Å². The standard InChI is InChI=1S/C16H27NO2/c1-13(2)11-16(18,14(3,4)19-13)15(12-17)9-7-5-6-8-10-15/h18H,5-11H2,1-4H3. The highest BCUT2D eigenvalue weighted by Gasteiger charge is 2.66. The van der Waals surface area contributed by atoms with Gasteiger partial charge in [-0.25, -0.2) is 0 Å². The van der Waals surface area contributed by atoms with Gasteiger partial charge in [-0.2, -0.15) is 5.26 Å². The average molecular weight is 265 g/mol. The van der Waals surface area contributed by atoms with Crippen molar-refractivity contribution in [3.63, 3.8) is 0 Å². The third-order valence-corrected chi connectivity index (χ3v) is 5.17. The van der Waals surface area contributed by atoms with Crippen LogP contribution in [0.25, 0.3) is 0 Å². The molecule has 19 heavy (non-hydrogen) atoms. The minimum absolute atomic E-state index is 0.367. The van der Waals surface area contributed by atoms with Crippen molar-refractivity contribution in [3.8, 4) is 6.07 Å². The van der Waals surface area contributed by atoms with Crippen LogP contribution in [0.2, 0.25) is 0 Å². The van der Waals surface area contributed by atoms with Gasteiger partial charge in [-0.1, -0.05) is 25.7 Å². The number of ether oxygens (including phenoxy) is 1. The molecule has 2 aliphatic rings. The van der Waals surface area contributed by atoms with Gasteiger partial charge in [0.1, 0.15) is 5.60 Å². The topological polar surface area (TPSA) is 53.2 Å². The molecule has 1 saturated carbocycles. The Morgan fingerprint density at radius 3 is 1.89 bits per heavy atom. The molecule has 0 aromatic carbocycles. The van der Waals surface area contributed by atoms with Crippen molar-refractivity contribution >= 4 is 0 Å². The molecule has 1 aliphatic carbocycles. The Balaban J connectivity index is 2.44. The third-order valence-electron chi connectivity index (χ3n) is 5.17. The van der Waals surface area contributed by atoms with E-state index in [9.17, 15) is 10.4 Å². The fourth-order valence-corrected chi connectivity index (χ4v) is 4.34. The molecule has 2 fully saturated rings. The van der Waals surface area contributed by atoms with E-state index in [0.29, 0.717) is 6.42 Å². The van der Waals surface area contributed by atoms with Crippen molar-refractivity contribution in [2.24, 2.45) is 5.41 Å². The van der Waals surface area contributed by atoms with Gasteiger partial charge in [-0.15, -0.1) is 0 Å². The van der Waals surface area contributed by atoms with E-state index in [1.807, 2.05) is 27.7 Å². The maximum Gasteiger partial charge on any atom is 0.114 e. The summed E-state index contributed by atoms with van der Waals surface area (Å²) >= 11 is 0. The average Bonchev–Trinajstić information content (AvgIpc) is 2.49. The van der Waals surface area contributed by atoms with Crippen LogP contribution >= 0.6 is 0 Å². The van der Waals surface area contributed by atoms with Crippen LogP contribution in [0.15, 0.2) is 0 Å². The predicted molar refractivity (Wildman–Crippen MR) is 74.6 cm³/mol. The predicted octanol–water partition coefficient (Wildman–Crippen LogP) is 3.56. The Morgan fingerprint density at radius 1 is 1.00 bits per heavy atom. The molecule has 1 saturated heterocycles. The molecular formula is C16H27NO2. The summed E-state index contributed by atoms with van der Waals surface area (Å²) in [6, 6.07) is 2.50. The summed E-state index contributed by atoms with van der Waals surface area (Å²) in [5.41, 5.74) is -2.74. The van der Waals surface area contributed by atoms with E-state index in [1.165, 1.54) is 12.8 Å². The van der Waals surface area contributed by atoms with Crippen LogP contribution in [-0.2, 0) is 4.74 Å². The first kappa shape index (κ1) is 14.8. The van der Waals surface area contributed by atoms with Crippen molar-refractivity contribution in [1.29, 1.82) is 5.26 Å². The smallest absolute Gasteiger partial charge is 0.114 e. The Morgan fingerprint density at radius 2 is 1.53 bits per heavy atom. The lowest BCUT2D eigenvalue weighted by Crippen LogP contribution is -2.58. The molecule has 2 rings (SSSR count). The van der Waals surface area contributed by atoms with Crippen LogP contribution in [0.5, 0.6) is 0 Å². The van der Waals surface area contributed by atoms with Gasteiger partial charge in [-0.3, -0.25) is 0 Å². The molecule has 0 amide bonds. The van der Waals surface area contributed by atoms with Crippen LogP contribution in [0.3, 0.4) is 0 Å². The van der Waals surface area contributed by atoms with Gasteiger partial charge in [0, 0.05) is 6.42 Å². The molecule has 108 valence electrons. The lowest BCUT2D eigenvalue weighted by molar-refractivity contribution is -0.167. The zero-order valence-electron chi connectivity index (χ0n) is 12.8. The third kappa shape index (κ3) is 2.19. The van der Waals surface area contributed by atoms with E-state index in [4.69, 9.17) is 4.74 Å². The Bertz CT molecular complexity index is 386. The Labute approximate surface area is 117 Å². The molecule has 1 atom stereocenters. The van der Waals surface area contributed by atoms with Gasteiger partial charge in [0.05, 0.1) is 22.7 Å². The second-order valence-corrected chi connectivity index (χ2v) is 7.52. The monoisotopic (exact) mass is 265 g/mol. The zero-order valence-corrected chi connectivity index (χ0v) is 12.8. The molecule has 3 nitrogen and oxygen atoms in total. The number of rotatable bonds is 1. The molecule has 1 N–H and O–H groups in total. The summed E-state index contributed by atoms with van der Waals surface area (Å²) in [6.07, 6.45) is 6.54. The number of nitriles is 1. The molecule has 0 aromatic heterocycles. The van der Waals surface area contributed by atoms with Crippen molar-refractivity contribution in [3.05, 3.63) is 0 Å². The Hall–Kier alpha value is -0.590. The fourth-order valence-electron chi connectivity index (χ4n) is 4.34. The molecule has 0 spiro atoms. The second-order valence-electron chi connectivity index (χ2n) is 7.52. The first-order chi connectivity index (χ1) is 8.68. The molecule has 0 radical (unpaired) electrons. The van der Waals surface area contributed by atoms with E-state index >= 15 is 0 Å². The maximum absolute atomic E-state index is 11.4. The van der Waals surface area contributed by atoms with E-state index in [1.54, 1.807) is 0 Å². The zero-order chi connectivity index (χ0) is 14.4. The minimum Gasteiger partial charge on any atom is -0.385 e. The van der Waals surface area contributed by atoms with Crippen LogP contribution < -0.4 is 0 Å². The number of aliphatic hydroxyl groups is 1. The van der Waals surface area contributed by atoms with E-state index in [0.717, 1.165) is 25.7 Å². The molecule has 0 bridgehead atoms. The molecule has 3 heteroatoms. The number of nitrogens with zero attached hydrogens (tertiary/aromatic N) is 1. The van der Waals surface area contributed by atoms with Gasteiger partial charge in [-0.05, 0) is 40.5 Å². The highest BCUT2D eigenvalue weighted by molar-refractivity contribution is 5.22. The van der Waals surface area contributed by atoms with Crippen LogP contribution in [0.4, 0.5) is 0 Å². The summed E-state index contributed by atoms with van der Waals surface area (Å²) in [5.74, 6) is 0. The fraction of sp³-hybridized carbons (Fsp3) is 0.938. The number of hydrogen-bond donors (Lipinski definition) is 1. The molecule has 0 aromatic rings. The molecule has 1 aliphatic heterocycles. The second kappa shape index (κ2) is 4.46. The summed E-state index contributed by atoms with van der Waals surface area (Å²) < 4.78 is 6.07. The molecule has 1 unspecified atom stereocenters. The van der Waals surface area contributed by atoms with E-state index in [2.05, 4.69) is 6.07 Å². The van der Waals surface area contributed by atoms with Crippen molar-refractivity contribution < 1.29 is 9.84 Å². The van der Waals surface area contributed by atoms with Gasteiger partial charge in [0.2, 0.25) is 0 Å². The largest absolute Gasteiger partial charge is 0.385 e. The maximum atomic E-state index is 11.4. The first-order valence-corrected chi connectivity index (χ1v) is 7.52. The van der Waals surface area contributed by atoms with Crippen molar-refractivity contribution in [2.45, 2.75) is 89.4 Å². The minimum atomic E-state index is -1.05. The van der Waals surface area contributed by atoms with Crippen LogP contribution in [0.1, 0.15) is 72.6 Å². The Kier molecular flexibility index (Phi) is 3.48. The molecular weight excluding hydrogens is 238 g/mol. The van der Waals surface area contributed by atoms with Gasteiger partial charge >= 0.3 is 0 Å². The summed E-state index contributed by atoms with van der Waals surface area (Å²) in [4.78, 5) is 0. The van der Waals surface area contributed by atoms with E-state index in [-0.39, 0.29) is 5.60 Å². The van der Waals surface area contributed by atoms with Gasteiger partial charge < -0.3 is 9.84 Å². The lowest BCUT2D eigenvalue weighted by atomic mass is 9.60. The quantitative estimate of drug-likeness (QED) is 0.737. The van der Waals surface area contributed by atoms with Gasteiger partial charge in [0.15, 0.2) is 0 Å². The van der Waals surface area contributed by atoms with Crippen LogP contribution in [-0.4, -0.2) is 21.9 Å². The normalized spacial score (nSPS) is 36.4. The summed E-state index contributed by atoms with van der Waals surface area (Å²) in [7, 11) is 0. The van der Waals surface area contributed by atoms with Crippen molar-refractivity contribution in [1.82, 2.24) is 0 Å². The highest BCUT2D eigenvalue weighted by Crippen LogP contribution is 2.57. The van der Waals surface area contributed by atoms with Crippen LogP contribution in [0, 0.1) is 16.7 Å². The molecule has 1 heterocycles. The SMILES string of the molecule is CC1(C)CC(O)(C2(C#N)CCCCCC2)C(C)(C)O1. The first-order valence-electron chi connectivity index (χ1n) is 7.52. The summed E-state index contributed by atoms with van der Waals surface area (Å²) in [5, 5.41) is 21.2. The van der Waals surface area contributed by atoms with Crippen molar-refractivity contribution in [2.75, 3.05) is 0 Å². The highest BCUT2D eigenvalue weighted by atomic mass is 16.5. The lowest BCUT2D eigenvalue weighted by Gasteiger charge is -2.46.